The van der Waals surface area contributed by atoms with Crippen molar-refractivity contribution in [1.29, 1.82) is 0 Å². The first-order chi connectivity index (χ1) is 7.67. The number of aryl methyl sites for hydroxylation is 1. The van der Waals surface area contributed by atoms with Crippen molar-refractivity contribution in [2.45, 2.75) is 19.4 Å². The van der Waals surface area contributed by atoms with E-state index in [1.807, 2.05) is 6.92 Å². The van der Waals surface area contributed by atoms with Gasteiger partial charge in [-0.25, -0.2) is 9.97 Å². The van der Waals surface area contributed by atoms with E-state index in [0.29, 0.717) is 13.0 Å². The number of rotatable bonds is 6. The highest BCUT2D eigenvalue weighted by Crippen LogP contribution is 2.15. The Hall–Kier alpha value is -0.470. The predicted molar refractivity (Wildman–Crippen MR) is 70.5 cm³/mol. The topological polar surface area (TPSA) is 67.3 Å². The number of aromatic nitrogens is 2. The van der Waals surface area contributed by atoms with E-state index < -0.39 is 0 Å². The van der Waals surface area contributed by atoms with Gasteiger partial charge in [-0.05, 0) is 35.9 Å². The van der Waals surface area contributed by atoms with Crippen LogP contribution >= 0.6 is 22.6 Å². The van der Waals surface area contributed by atoms with Crippen LogP contribution < -0.4 is 5.32 Å². The molecule has 1 heterocycles. The molecule has 0 aliphatic heterocycles. The number of nitrogens with one attached hydrogen (secondary N) is 1. The lowest BCUT2D eigenvalue weighted by atomic mass is 10.2. The summed E-state index contributed by atoms with van der Waals surface area (Å²) in [4.78, 5) is 8.41. The smallest absolute Gasteiger partial charge is 0.143 e. The first kappa shape index (κ1) is 13.6. The van der Waals surface area contributed by atoms with E-state index in [4.69, 9.17) is 9.84 Å². The molecule has 0 spiro atoms. The molecule has 1 atom stereocenters. The Morgan fingerprint density at radius 3 is 3.00 bits per heavy atom. The highest BCUT2D eigenvalue weighted by atomic mass is 127. The van der Waals surface area contributed by atoms with Gasteiger partial charge in [0.05, 0.1) is 16.2 Å². The first-order valence-electron chi connectivity index (χ1n) is 5.02. The zero-order chi connectivity index (χ0) is 12.0. The van der Waals surface area contributed by atoms with Crippen LogP contribution in [0.2, 0.25) is 0 Å². The Bertz CT molecular complexity index is 330. The molecule has 1 rings (SSSR count). The molecular formula is C10H16IN3O2. The minimum Gasteiger partial charge on any atom is -0.396 e. The zero-order valence-corrected chi connectivity index (χ0v) is 11.6. The Kier molecular flexibility index (Phi) is 5.93. The van der Waals surface area contributed by atoms with Crippen molar-refractivity contribution in [3.05, 3.63) is 15.6 Å². The summed E-state index contributed by atoms with van der Waals surface area (Å²) in [5, 5.41) is 12.2. The molecule has 0 radical (unpaired) electrons. The van der Waals surface area contributed by atoms with Gasteiger partial charge in [-0.15, -0.1) is 0 Å². The third-order valence-corrected chi connectivity index (χ3v) is 2.84. The van der Waals surface area contributed by atoms with Crippen molar-refractivity contribution in [1.82, 2.24) is 9.97 Å². The molecule has 0 bridgehead atoms. The predicted octanol–water partition coefficient (Wildman–Crippen LogP) is 1.20. The minimum absolute atomic E-state index is 0.0674. The SMILES string of the molecule is COCC(CCO)Nc1nc(C)ncc1I. The van der Waals surface area contributed by atoms with Gasteiger partial charge in [-0.3, -0.25) is 0 Å². The van der Waals surface area contributed by atoms with E-state index in [9.17, 15) is 0 Å². The average Bonchev–Trinajstić information content (AvgIpc) is 2.24. The third kappa shape index (κ3) is 4.18. The summed E-state index contributed by atoms with van der Waals surface area (Å²) in [5.41, 5.74) is 0. The molecule has 0 saturated heterocycles. The van der Waals surface area contributed by atoms with Crippen LogP contribution in [0.5, 0.6) is 0 Å². The van der Waals surface area contributed by atoms with Crippen LogP contribution in [0, 0.1) is 10.5 Å². The monoisotopic (exact) mass is 337 g/mol. The molecule has 0 saturated carbocycles. The van der Waals surface area contributed by atoms with Gasteiger partial charge in [0.2, 0.25) is 0 Å². The van der Waals surface area contributed by atoms with Crippen molar-refractivity contribution in [3.63, 3.8) is 0 Å². The maximum absolute atomic E-state index is 8.94. The van der Waals surface area contributed by atoms with E-state index in [1.54, 1.807) is 13.3 Å². The van der Waals surface area contributed by atoms with Crippen LogP contribution in [-0.4, -0.2) is 41.4 Å². The number of hydrogen-bond donors (Lipinski definition) is 2. The van der Waals surface area contributed by atoms with Crippen LogP contribution in [-0.2, 0) is 4.74 Å². The molecule has 1 aromatic heterocycles. The highest BCUT2D eigenvalue weighted by Gasteiger charge is 2.11. The minimum atomic E-state index is 0.0674. The van der Waals surface area contributed by atoms with Gasteiger partial charge in [0, 0.05) is 19.9 Å². The fourth-order valence-electron chi connectivity index (χ4n) is 1.30. The van der Waals surface area contributed by atoms with Crippen LogP contribution in [0.25, 0.3) is 0 Å². The summed E-state index contributed by atoms with van der Waals surface area (Å²) in [6.07, 6.45) is 2.40. The molecule has 2 N–H and O–H groups in total. The molecule has 16 heavy (non-hydrogen) atoms. The molecule has 1 aromatic rings. The number of methoxy groups -OCH3 is 1. The zero-order valence-electron chi connectivity index (χ0n) is 9.40. The van der Waals surface area contributed by atoms with Crippen LogP contribution in [0.3, 0.4) is 0 Å². The molecule has 5 nitrogen and oxygen atoms in total. The fraction of sp³-hybridized carbons (Fsp3) is 0.600. The van der Waals surface area contributed by atoms with Crippen molar-refractivity contribution >= 4 is 28.4 Å². The summed E-state index contributed by atoms with van der Waals surface area (Å²) in [6.45, 7) is 2.51. The lowest BCUT2D eigenvalue weighted by Crippen LogP contribution is -2.27. The van der Waals surface area contributed by atoms with E-state index in [0.717, 1.165) is 15.2 Å². The van der Waals surface area contributed by atoms with Crippen molar-refractivity contribution in [2.75, 3.05) is 25.6 Å². The summed E-state index contributed by atoms with van der Waals surface area (Å²) in [5.74, 6) is 1.52. The number of ether oxygens (including phenoxy) is 1. The average molecular weight is 337 g/mol. The largest absolute Gasteiger partial charge is 0.396 e. The van der Waals surface area contributed by atoms with Gasteiger partial charge in [0.15, 0.2) is 0 Å². The maximum atomic E-state index is 8.94. The molecule has 0 amide bonds. The molecule has 0 fully saturated rings. The van der Waals surface area contributed by atoms with Crippen molar-refractivity contribution < 1.29 is 9.84 Å². The van der Waals surface area contributed by atoms with E-state index >= 15 is 0 Å². The molecule has 6 heteroatoms. The Morgan fingerprint density at radius 2 is 2.38 bits per heavy atom. The molecule has 0 aliphatic rings. The van der Waals surface area contributed by atoms with E-state index in [-0.39, 0.29) is 12.6 Å². The lowest BCUT2D eigenvalue weighted by molar-refractivity contribution is 0.170. The normalized spacial score (nSPS) is 12.5. The molecule has 90 valence electrons. The van der Waals surface area contributed by atoms with Crippen LogP contribution in [0.15, 0.2) is 6.20 Å². The van der Waals surface area contributed by atoms with Gasteiger partial charge in [0.1, 0.15) is 11.6 Å². The maximum Gasteiger partial charge on any atom is 0.143 e. The Morgan fingerprint density at radius 1 is 1.62 bits per heavy atom. The quantitative estimate of drug-likeness (QED) is 0.764. The van der Waals surface area contributed by atoms with Gasteiger partial charge in [-0.2, -0.15) is 0 Å². The van der Waals surface area contributed by atoms with Gasteiger partial charge >= 0.3 is 0 Å². The second-order valence-electron chi connectivity index (χ2n) is 3.42. The highest BCUT2D eigenvalue weighted by molar-refractivity contribution is 14.1. The third-order valence-electron chi connectivity index (χ3n) is 2.05. The summed E-state index contributed by atoms with van der Waals surface area (Å²) >= 11 is 2.18. The van der Waals surface area contributed by atoms with E-state index in [2.05, 4.69) is 37.9 Å². The van der Waals surface area contributed by atoms with Crippen molar-refractivity contribution in [3.8, 4) is 0 Å². The Labute approximate surface area is 109 Å². The van der Waals surface area contributed by atoms with Gasteiger partial charge in [-0.1, -0.05) is 0 Å². The van der Waals surface area contributed by atoms with Crippen LogP contribution in [0.4, 0.5) is 5.82 Å². The van der Waals surface area contributed by atoms with Crippen LogP contribution in [0.1, 0.15) is 12.2 Å². The summed E-state index contributed by atoms with van der Waals surface area (Å²) in [6, 6.07) is 0.0674. The van der Waals surface area contributed by atoms with E-state index in [1.165, 1.54) is 0 Å². The lowest BCUT2D eigenvalue weighted by Gasteiger charge is -2.18. The molecule has 0 aromatic carbocycles. The number of aliphatic hydroxyl groups excluding tert-OH is 1. The Balaban J connectivity index is 2.71. The number of halogens is 1. The number of aliphatic hydroxyl groups is 1. The molecule has 0 aliphatic carbocycles. The second-order valence-corrected chi connectivity index (χ2v) is 4.58. The van der Waals surface area contributed by atoms with Crippen molar-refractivity contribution in [2.24, 2.45) is 0 Å². The number of anilines is 1. The standard InChI is InChI=1S/C10H16IN3O2/c1-7-12-5-9(11)10(13-7)14-8(3-4-15)6-16-2/h5,8,15H,3-4,6H2,1-2H3,(H,12,13,14). The first-order valence-corrected chi connectivity index (χ1v) is 6.10. The second kappa shape index (κ2) is 6.97. The molecular weight excluding hydrogens is 321 g/mol. The van der Waals surface area contributed by atoms with Gasteiger partial charge < -0.3 is 15.2 Å². The summed E-state index contributed by atoms with van der Waals surface area (Å²) in [7, 11) is 1.64. The summed E-state index contributed by atoms with van der Waals surface area (Å²) < 4.78 is 6.04. The fourth-order valence-corrected chi connectivity index (χ4v) is 1.72. The molecule has 1 unspecified atom stereocenters. The number of nitrogens with zero attached hydrogens (tertiary/aromatic N) is 2. The van der Waals surface area contributed by atoms with Gasteiger partial charge in [0.25, 0.3) is 0 Å². The number of hydrogen-bond acceptors (Lipinski definition) is 5.